The van der Waals surface area contributed by atoms with Crippen molar-refractivity contribution in [3.8, 4) is 0 Å². The van der Waals surface area contributed by atoms with Crippen molar-refractivity contribution in [2.24, 2.45) is 0 Å². The van der Waals surface area contributed by atoms with Crippen LogP contribution in [-0.4, -0.2) is 75.7 Å². The number of aliphatic hydroxyl groups is 5. The molecule has 96 valence electrons. The number of carboxylic acid groups (broad SMARTS) is 1. The van der Waals surface area contributed by atoms with Gasteiger partial charge in [0.05, 0.1) is 25.8 Å². The number of aliphatic hydroxyl groups excluding tert-OH is 5. The Balaban J connectivity index is 0. The van der Waals surface area contributed by atoms with Gasteiger partial charge in [-0.3, -0.25) is 0 Å². The average molecular weight is 262 g/mol. The van der Waals surface area contributed by atoms with Crippen LogP contribution in [0.3, 0.4) is 0 Å². The molecule has 0 aromatic heterocycles. The SMILES string of the molecule is O=C([O-])C(OCCO)C(O)C(O)C(O)CO.[Na+]. The summed E-state index contributed by atoms with van der Waals surface area (Å²) in [5, 5.41) is 54.9. The summed E-state index contributed by atoms with van der Waals surface area (Å²) in [7, 11) is 0. The van der Waals surface area contributed by atoms with Crippen molar-refractivity contribution in [2.75, 3.05) is 19.8 Å². The predicted octanol–water partition coefficient (Wildman–Crippen LogP) is -7.81. The van der Waals surface area contributed by atoms with Gasteiger partial charge in [0.2, 0.25) is 0 Å². The van der Waals surface area contributed by atoms with Gasteiger partial charge in [-0.25, -0.2) is 0 Å². The molecule has 0 aromatic carbocycles. The Morgan fingerprint density at radius 1 is 1.18 bits per heavy atom. The van der Waals surface area contributed by atoms with Crippen LogP contribution in [0.1, 0.15) is 0 Å². The maximum atomic E-state index is 10.5. The van der Waals surface area contributed by atoms with E-state index in [2.05, 4.69) is 4.74 Å². The molecule has 4 unspecified atom stereocenters. The van der Waals surface area contributed by atoms with Crippen molar-refractivity contribution in [3.63, 3.8) is 0 Å². The van der Waals surface area contributed by atoms with Crippen LogP contribution in [0.5, 0.6) is 0 Å². The van der Waals surface area contributed by atoms with Crippen LogP contribution >= 0.6 is 0 Å². The molecular weight excluding hydrogens is 247 g/mol. The molecule has 0 aromatic rings. The number of hydrogen-bond donors (Lipinski definition) is 5. The summed E-state index contributed by atoms with van der Waals surface area (Å²) in [5.74, 6) is -1.80. The van der Waals surface area contributed by atoms with Crippen LogP contribution in [-0.2, 0) is 9.53 Å². The van der Waals surface area contributed by atoms with Gasteiger partial charge in [-0.2, -0.15) is 0 Å². The fraction of sp³-hybridized carbons (Fsp3) is 0.875. The molecule has 17 heavy (non-hydrogen) atoms. The maximum absolute atomic E-state index is 10.5. The van der Waals surface area contributed by atoms with E-state index in [4.69, 9.17) is 15.3 Å². The van der Waals surface area contributed by atoms with Gasteiger partial charge in [-0.05, 0) is 0 Å². The van der Waals surface area contributed by atoms with Gasteiger partial charge in [0, 0.05) is 0 Å². The summed E-state index contributed by atoms with van der Waals surface area (Å²) in [6.07, 6.45) is -7.47. The second kappa shape index (κ2) is 10.2. The number of carbonyl (C=O) groups excluding carboxylic acids is 1. The molecule has 0 fully saturated rings. The molecule has 4 atom stereocenters. The molecule has 0 aliphatic heterocycles. The number of carboxylic acids is 1. The van der Waals surface area contributed by atoms with Gasteiger partial charge in [-0.1, -0.05) is 0 Å². The van der Waals surface area contributed by atoms with Crippen molar-refractivity contribution in [2.45, 2.75) is 24.4 Å². The van der Waals surface area contributed by atoms with Gasteiger partial charge in [0.15, 0.2) is 0 Å². The van der Waals surface area contributed by atoms with Crippen molar-refractivity contribution in [1.29, 1.82) is 0 Å². The van der Waals surface area contributed by atoms with Gasteiger partial charge in [-0.15, -0.1) is 0 Å². The molecule has 5 N–H and O–H groups in total. The second-order valence-electron chi connectivity index (χ2n) is 3.07. The summed E-state index contributed by atoms with van der Waals surface area (Å²) in [6, 6.07) is 0. The molecule has 0 radical (unpaired) electrons. The monoisotopic (exact) mass is 262 g/mol. The second-order valence-corrected chi connectivity index (χ2v) is 3.07. The molecule has 0 spiro atoms. The average Bonchev–Trinajstić information content (AvgIpc) is 2.26. The van der Waals surface area contributed by atoms with Crippen molar-refractivity contribution in [3.05, 3.63) is 0 Å². The van der Waals surface area contributed by atoms with E-state index in [0.29, 0.717) is 0 Å². The largest absolute Gasteiger partial charge is 1.00 e. The molecule has 8 nitrogen and oxygen atoms in total. The molecule has 0 rings (SSSR count). The van der Waals surface area contributed by atoms with Crippen LogP contribution in [0.15, 0.2) is 0 Å². The molecular formula is C8H15NaO8. The Labute approximate surface area is 120 Å². The molecule has 0 aliphatic rings. The first-order valence-corrected chi connectivity index (χ1v) is 4.54. The number of hydrogen-bond acceptors (Lipinski definition) is 8. The standard InChI is InChI=1S/C8H16O8.Na/c9-1-2-16-7(8(14)15)6(13)5(12)4(11)3-10;/h4-7,9-13H,1-3H2,(H,14,15);/q;+1/p-1. The smallest absolute Gasteiger partial charge is 0.547 e. The van der Waals surface area contributed by atoms with E-state index in [1.54, 1.807) is 0 Å². The zero-order valence-electron chi connectivity index (χ0n) is 9.39. The minimum Gasteiger partial charge on any atom is -0.547 e. The molecule has 9 heteroatoms. The minimum atomic E-state index is -1.97. The molecule has 0 heterocycles. The van der Waals surface area contributed by atoms with Crippen LogP contribution in [0.25, 0.3) is 0 Å². The van der Waals surface area contributed by atoms with Crippen LogP contribution in [0.4, 0.5) is 0 Å². The summed E-state index contributed by atoms with van der Waals surface area (Å²) in [4.78, 5) is 10.5. The van der Waals surface area contributed by atoms with Crippen molar-refractivity contribution < 1.29 is 69.7 Å². The van der Waals surface area contributed by atoms with Crippen LogP contribution < -0.4 is 34.7 Å². The quantitative estimate of drug-likeness (QED) is 0.271. The van der Waals surface area contributed by atoms with E-state index >= 15 is 0 Å². The van der Waals surface area contributed by atoms with Gasteiger partial charge in [0.25, 0.3) is 0 Å². The number of rotatable bonds is 8. The summed E-state index contributed by atoms with van der Waals surface area (Å²) >= 11 is 0. The molecule has 0 amide bonds. The first-order valence-electron chi connectivity index (χ1n) is 4.54. The van der Waals surface area contributed by atoms with Gasteiger partial charge < -0.3 is 40.2 Å². The Hall–Kier alpha value is 0.230. The Morgan fingerprint density at radius 3 is 2.06 bits per heavy atom. The topological polar surface area (TPSA) is 151 Å². The zero-order valence-corrected chi connectivity index (χ0v) is 11.4. The maximum Gasteiger partial charge on any atom is 1.00 e. The zero-order chi connectivity index (χ0) is 12.7. The van der Waals surface area contributed by atoms with E-state index in [1.165, 1.54) is 0 Å². The van der Waals surface area contributed by atoms with Crippen LogP contribution in [0.2, 0.25) is 0 Å². The fourth-order valence-electron chi connectivity index (χ4n) is 1.00. The summed E-state index contributed by atoms with van der Waals surface area (Å²) < 4.78 is 4.52. The van der Waals surface area contributed by atoms with E-state index in [1.807, 2.05) is 0 Å². The molecule has 0 saturated carbocycles. The summed E-state index contributed by atoms with van der Waals surface area (Å²) in [6.45, 7) is -1.70. The van der Waals surface area contributed by atoms with Gasteiger partial charge >= 0.3 is 29.6 Å². The normalized spacial score (nSPS) is 17.7. The third kappa shape index (κ3) is 6.65. The van der Waals surface area contributed by atoms with E-state index in [-0.39, 0.29) is 36.2 Å². The number of ether oxygens (including phenoxy) is 1. The fourth-order valence-corrected chi connectivity index (χ4v) is 1.00. The predicted molar refractivity (Wildman–Crippen MR) is 46.9 cm³/mol. The number of aliphatic carboxylic acids is 1. The van der Waals surface area contributed by atoms with E-state index < -0.39 is 43.6 Å². The third-order valence-corrected chi connectivity index (χ3v) is 1.86. The molecule has 0 saturated heterocycles. The van der Waals surface area contributed by atoms with Crippen molar-refractivity contribution >= 4 is 5.97 Å². The van der Waals surface area contributed by atoms with Crippen molar-refractivity contribution in [1.82, 2.24) is 0 Å². The Bertz CT molecular complexity index is 214. The number of carbonyl (C=O) groups is 1. The first-order chi connectivity index (χ1) is 7.45. The minimum absolute atomic E-state index is 0. The molecule has 0 aliphatic carbocycles. The molecule has 0 bridgehead atoms. The Kier molecular flexibility index (Phi) is 11.7. The summed E-state index contributed by atoms with van der Waals surface area (Å²) in [5.41, 5.74) is 0. The Morgan fingerprint density at radius 2 is 1.71 bits per heavy atom. The van der Waals surface area contributed by atoms with Gasteiger partial charge in [0.1, 0.15) is 24.4 Å². The third-order valence-electron chi connectivity index (χ3n) is 1.86. The van der Waals surface area contributed by atoms with E-state index in [0.717, 1.165) is 0 Å². The first kappa shape index (κ1) is 19.6. The van der Waals surface area contributed by atoms with E-state index in [9.17, 15) is 20.1 Å². The van der Waals surface area contributed by atoms with Crippen LogP contribution in [0, 0.1) is 0 Å².